The molecule has 2 aromatic carbocycles. The molecule has 7 heteroatoms. The number of benzene rings is 2. The van der Waals surface area contributed by atoms with Crippen molar-refractivity contribution in [3.63, 3.8) is 0 Å². The molecule has 0 saturated carbocycles. The third-order valence-electron chi connectivity index (χ3n) is 5.09. The standard InChI is InChI=1S/C21H26N2O3S2/c1-4-22(5-2)28(25,26)19-12-13-20-17(15-19)7-6-14-23(20)21(24)16-8-10-18(27-3)11-9-16/h8-13,15H,4-7,14H2,1-3H3. The molecule has 1 aliphatic heterocycles. The van der Waals surface area contributed by atoms with Crippen LogP contribution in [0.2, 0.25) is 0 Å². The molecule has 28 heavy (non-hydrogen) atoms. The first-order chi connectivity index (χ1) is 13.4. The fraction of sp³-hybridized carbons (Fsp3) is 0.381. The smallest absolute Gasteiger partial charge is 0.258 e. The van der Waals surface area contributed by atoms with Gasteiger partial charge in [0.15, 0.2) is 0 Å². The lowest BCUT2D eigenvalue weighted by Crippen LogP contribution is -2.36. The Hall–Kier alpha value is -1.83. The first-order valence-electron chi connectivity index (χ1n) is 9.51. The van der Waals surface area contributed by atoms with E-state index in [1.807, 2.05) is 44.4 Å². The lowest BCUT2D eigenvalue weighted by atomic mass is 10.0. The minimum atomic E-state index is -3.50. The van der Waals surface area contributed by atoms with Crippen molar-refractivity contribution < 1.29 is 13.2 Å². The van der Waals surface area contributed by atoms with Crippen LogP contribution in [-0.4, -0.2) is 44.5 Å². The maximum atomic E-state index is 13.0. The van der Waals surface area contributed by atoms with E-state index in [1.165, 1.54) is 4.31 Å². The van der Waals surface area contributed by atoms with Gasteiger partial charge in [-0.1, -0.05) is 13.8 Å². The maximum absolute atomic E-state index is 13.0. The van der Waals surface area contributed by atoms with Gasteiger partial charge >= 0.3 is 0 Å². The second-order valence-corrected chi connectivity index (χ2v) is 9.49. The minimum Gasteiger partial charge on any atom is -0.308 e. The number of aryl methyl sites for hydroxylation is 1. The molecule has 0 bridgehead atoms. The normalized spacial score (nSPS) is 14.2. The van der Waals surface area contributed by atoms with Gasteiger partial charge in [0.25, 0.3) is 5.91 Å². The predicted molar refractivity (Wildman–Crippen MR) is 115 cm³/mol. The zero-order chi connectivity index (χ0) is 20.3. The van der Waals surface area contributed by atoms with E-state index in [2.05, 4.69) is 0 Å². The maximum Gasteiger partial charge on any atom is 0.258 e. The van der Waals surface area contributed by atoms with Crippen molar-refractivity contribution in [3.05, 3.63) is 53.6 Å². The van der Waals surface area contributed by atoms with Crippen LogP contribution in [-0.2, 0) is 16.4 Å². The number of carbonyl (C=O) groups is 1. The molecular weight excluding hydrogens is 392 g/mol. The average Bonchev–Trinajstić information content (AvgIpc) is 2.73. The van der Waals surface area contributed by atoms with Crippen molar-refractivity contribution in [3.8, 4) is 0 Å². The molecule has 1 aliphatic rings. The summed E-state index contributed by atoms with van der Waals surface area (Å²) >= 11 is 1.64. The lowest BCUT2D eigenvalue weighted by Gasteiger charge is -2.30. The molecule has 0 fully saturated rings. The summed E-state index contributed by atoms with van der Waals surface area (Å²) in [4.78, 5) is 16.2. The Bertz CT molecular complexity index is 952. The number of carbonyl (C=O) groups excluding carboxylic acids is 1. The fourth-order valence-electron chi connectivity index (χ4n) is 3.55. The molecular formula is C21H26N2O3S2. The molecule has 1 amide bonds. The van der Waals surface area contributed by atoms with E-state index in [9.17, 15) is 13.2 Å². The second kappa shape index (κ2) is 8.68. The number of amides is 1. The van der Waals surface area contributed by atoms with Gasteiger partial charge in [-0.15, -0.1) is 11.8 Å². The van der Waals surface area contributed by atoms with Gasteiger partial charge in [-0.05, 0) is 67.1 Å². The van der Waals surface area contributed by atoms with Crippen molar-refractivity contribution in [1.29, 1.82) is 0 Å². The molecule has 0 unspecified atom stereocenters. The number of sulfonamides is 1. The van der Waals surface area contributed by atoms with Gasteiger partial charge < -0.3 is 4.90 Å². The summed E-state index contributed by atoms with van der Waals surface area (Å²) in [6, 6.07) is 12.7. The molecule has 0 aliphatic carbocycles. The summed E-state index contributed by atoms with van der Waals surface area (Å²) in [5, 5.41) is 0. The highest BCUT2D eigenvalue weighted by molar-refractivity contribution is 7.98. The molecule has 1 heterocycles. The van der Waals surface area contributed by atoms with Crippen LogP contribution in [0.15, 0.2) is 52.3 Å². The first-order valence-corrected chi connectivity index (χ1v) is 12.2. The molecule has 0 saturated heterocycles. The molecule has 0 atom stereocenters. The van der Waals surface area contributed by atoms with Gasteiger partial charge in [0.2, 0.25) is 10.0 Å². The monoisotopic (exact) mass is 418 g/mol. The number of nitrogens with zero attached hydrogens (tertiary/aromatic N) is 2. The van der Waals surface area contributed by atoms with Crippen molar-refractivity contribution in [2.24, 2.45) is 0 Å². The summed E-state index contributed by atoms with van der Waals surface area (Å²) in [6.45, 7) is 5.18. The van der Waals surface area contributed by atoms with Crippen LogP contribution >= 0.6 is 11.8 Å². The van der Waals surface area contributed by atoms with Gasteiger partial charge in [0.05, 0.1) is 4.90 Å². The van der Waals surface area contributed by atoms with Crippen molar-refractivity contribution in [2.45, 2.75) is 36.5 Å². The Morgan fingerprint density at radius 3 is 2.39 bits per heavy atom. The summed E-state index contributed by atoms with van der Waals surface area (Å²) in [5.41, 5.74) is 2.36. The van der Waals surface area contributed by atoms with Crippen LogP contribution in [0.1, 0.15) is 36.2 Å². The quantitative estimate of drug-likeness (QED) is 0.665. The molecule has 150 valence electrons. The third kappa shape index (κ3) is 3.97. The Morgan fingerprint density at radius 2 is 1.79 bits per heavy atom. The third-order valence-corrected chi connectivity index (χ3v) is 7.88. The summed E-state index contributed by atoms with van der Waals surface area (Å²) < 4.78 is 27.1. The summed E-state index contributed by atoms with van der Waals surface area (Å²) in [7, 11) is -3.50. The predicted octanol–water partition coefficient (Wildman–Crippen LogP) is 4.03. The van der Waals surface area contributed by atoms with Gasteiger partial charge in [-0.25, -0.2) is 8.42 Å². The Balaban J connectivity index is 1.93. The number of fused-ring (bicyclic) bond motifs is 1. The summed E-state index contributed by atoms with van der Waals surface area (Å²) in [5.74, 6) is -0.0482. The second-order valence-electron chi connectivity index (χ2n) is 6.67. The van der Waals surface area contributed by atoms with Gasteiger partial charge in [0.1, 0.15) is 0 Å². The molecule has 0 N–H and O–H groups in total. The Morgan fingerprint density at radius 1 is 1.11 bits per heavy atom. The van der Waals surface area contributed by atoms with Gasteiger partial charge in [-0.3, -0.25) is 4.79 Å². The molecule has 5 nitrogen and oxygen atoms in total. The molecule has 0 aromatic heterocycles. The number of hydrogen-bond donors (Lipinski definition) is 0. The zero-order valence-corrected chi connectivity index (χ0v) is 18.1. The van der Waals surface area contributed by atoms with E-state index in [-0.39, 0.29) is 5.91 Å². The highest BCUT2D eigenvalue weighted by Crippen LogP contribution is 2.31. The van der Waals surface area contributed by atoms with Crippen molar-refractivity contribution in [1.82, 2.24) is 4.31 Å². The first kappa shape index (κ1) is 20.9. The highest BCUT2D eigenvalue weighted by Gasteiger charge is 2.27. The van der Waals surface area contributed by atoms with Crippen LogP contribution < -0.4 is 4.90 Å². The number of hydrogen-bond acceptors (Lipinski definition) is 4. The Kier molecular flexibility index (Phi) is 6.47. The van der Waals surface area contributed by atoms with Crippen molar-refractivity contribution in [2.75, 3.05) is 30.8 Å². The Labute approximate surface area is 171 Å². The topological polar surface area (TPSA) is 57.7 Å². The highest BCUT2D eigenvalue weighted by atomic mass is 32.2. The lowest BCUT2D eigenvalue weighted by molar-refractivity contribution is 0.0985. The average molecular weight is 419 g/mol. The fourth-order valence-corrected chi connectivity index (χ4v) is 5.46. The SMILES string of the molecule is CCN(CC)S(=O)(=O)c1ccc2c(c1)CCCN2C(=O)c1ccc(SC)cc1. The van der Waals surface area contributed by atoms with Gasteiger partial charge in [0, 0.05) is 35.8 Å². The van der Waals surface area contributed by atoms with E-state index in [0.717, 1.165) is 29.0 Å². The molecule has 0 radical (unpaired) electrons. The van der Waals surface area contributed by atoms with Crippen LogP contribution in [0.25, 0.3) is 0 Å². The van der Waals surface area contributed by atoms with E-state index >= 15 is 0 Å². The zero-order valence-electron chi connectivity index (χ0n) is 16.5. The minimum absolute atomic E-state index is 0.0482. The number of anilines is 1. The van der Waals surface area contributed by atoms with E-state index in [1.54, 1.807) is 34.9 Å². The van der Waals surface area contributed by atoms with E-state index in [4.69, 9.17) is 0 Å². The van der Waals surface area contributed by atoms with E-state index < -0.39 is 10.0 Å². The van der Waals surface area contributed by atoms with Crippen molar-refractivity contribution >= 4 is 33.4 Å². The van der Waals surface area contributed by atoms with E-state index in [0.29, 0.717) is 30.1 Å². The van der Waals surface area contributed by atoms with Gasteiger partial charge in [-0.2, -0.15) is 4.31 Å². The number of thioether (sulfide) groups is 1. The molecule has 2 aromatic rings. The summed E-state index contributed by atoms with van der Waals surface area (Å²) in [6.07, 6.45) is 3.59. The van der Waals surface area contributed by atoms with Crippen LogP contribution in [0.5, 0.6) is 0 Å². The number of rotatable bonds is 6. The molecule has 0 spiro atoms. The van der Waals surface area contributed by atoms with Crippen LogP contribution in [0, 0.1) is 0 Å². The van der Waals surface area contributed by atoms with Crippen LogP contribution in [0.3, 0.4) is 0 Å². The largest absolute Gasteiger partial charge is 0.308 e. The van der Waals surface area contributed by atoms with Crippen LogP contribution in [0.4, 0.5) is 5.69 Å². The molecule has 3 rings (SSSR count).